The third-order valence-electron chi connectivity index (χ3n) is 3.53. The summed E-state index contributed by atoms with van der Waals surface area (Å²) in [5.74, 6) is 0. The molecule has 1 N–H and O–H groups in total. The van der Waals surface area contributed by atoms with Crippen molar-refractivity contribution in [3.05, 3.63) is 29.9 Å². The molecule has 1 aliphatic rings. The Kier molecular flexibility index (Phi) is 2.35. The molecular weight excluding hydrogens is 256 g/mol. The number of hydrogen-bond acceptors (Lipinski definition) is 4. The predicted molar refractivity (Wildman–Crippen MR) is 78.7 cm³/mol. The van der Waals surface area contributed by atoms with Crippen LogP contribution in [0.3, 0.4) is 0 Å². The van der Waals surface area contributed by atoms with Crippen molar-refractivity contribution in [3.63, 3.8) is 0 Å². The minimum Gasteiger partial charge on any atom is -0.365 e. The third-order valence-corrected chi connectivity index (χ3v) is 4.39. The van der Waals surface area contributed by atoms with Crippen LogP contribution in [0.15, 0.2) is 29.9 Å². The molecule has 5 heteroatoms. The molecule has 2 aromatic heterocycles. The summed E-state index contributed by atoms with van der Waals surface area (Å²) in [5.41, 5.74) is 4.43. The molecule has 4 rings (SSSR count). The van der Waals surface area contributed by atoms with Crippen LogP contribution in [-0.2, 0) is 0 Å². The molecule has 3 aromatic rings. The summed E-state index contributed by atoms with van der Waals surface area (Å²) < 4.78 is 2.29. The number of aromatic nitrogens is 3. The Morgan fingerprint density at radius 3 is 3.00 bits per heavy atom. The molecule has 0 radical (unpaired) electrons. The fraction of sp³-hybridized carbons (Fsp3) is 0.286. The van der Waals surface area contributed by atoms with Gasteiger partial charge in [0.1, 0.15) is 0 Å². The van der Waals surface area contributed by atoms with Gasteiger partial charge in [-0.2, -0.15) is 0 Å². The molecule has 0 bridgehead atoms. The monoisotopic (exact) mass is 270 g/mol. The lowest BCUT2D eigenvalue weighted by Crippen LogP contribution is -1.90. The molecule has 1 aromatic carbocycles. The maximum absolute atomic E-state index is 4.53. The third kappa shape index (κ3) is 1.81. The quantitative estimate of drug-likeness (QED) is 0.791. The summed E-state index contributed by atoms with van der Waals surface area (Å²) in [4.78, 5) is 9.05. The normalized spacial score (nSPS) is 15.0. The first-order chi connectivity index (χ1) is 9.35. The zero-order valence-corrected chi connectivity index (χ0v) is 11.4. The van der Waals surface area contributed by atoms with Gasteiger partial charge in [0.15, 0.2) is 5.13 Å². The smallest absolute Gasteiger partial charge is 0.182 e. The SMILES string of the molecule is CNc1nc(-c2ccc3c(c2)ncn3C2CC2)cs1. The van der Waals surface area contributed by atoms with Crippen LogP contribution in [0.25, 0.3) is 22.3 Å². The minimum absolute atomic E-state index is 0.672. The van der Waals surface area contributed by atoms with E-state index in [-0.39, 0.29) is 0 Å². The second-order valence-electron chi connectivity index (χ2n) is 4.87. The molecule has 0 aliphatic heterocycles. The predicted octanol–water partition coefficient (Wildman–Crippen LogP) is 3.54. The maximum Gasteiger partial charge on any atom is 0.182 e. The van der Waals surface area contributed by atoms with Gasteiger partial charge >= 0.3 is 0 Å². The van der Waals surface area contributed by atoms with Crippen LogP contribution < -0.4 is 5.32 Å². The number of rotatable bonds is 3. The molecule has 0 unspecified atom stereocenters. The maximum atomic E-state index is 4.53. The van der Waals surface area contributed by atoms with Crippen LogP contribution >= 0.6 is 11.3 Å². The van der Waals surface area contributed by atoms with E-state index in [0.29, 0.717) is 6.04 Å². The van der Waals surface area contributed by atoms with Crippen molar-refractivity contribution in [3.8, 4) is 11.3 Å². The van der Waals surface area contributed by atoms with E-state index in [9.17, 15) is 0 Å². The fourth-order valence-corrected chi connectivity index (χ4v) is 3.04. The summed E-state index contributed by atoms with van der Waals surface area (Å²) >= 11 is 1.62. The van der Waals surface area contributed by atoms with E-state index in [1.807, 2.05) is 13.4 Å². The summed E-state index contributed by atoms with van der Waals surface area (Å²) in [7, 11) is 1.89. The molecule has 0 spiro atoms. The summed E-state index contributed by atoms with van der Waals surface area (Å²) in [6, 6.07) is 7.10. The van der Waals surface area contributed by atoms with Gasteiger partial charge in [-0.1, -0.05) is 6.07 Å². The molecule has 1 saturated carbocycles. The molecule has 2 heterocycles. The minimum atomic E-state index is 0.672. The molecule has 19 heavy (non-hydrogen) atoms. The lowest BCUT2D eigenvalue weighted by molar-refractivity contribution is 0.766. The zero-order valence-electron chi connectivity index (χ0n) is 10.6. The van der Waals surface area contributed by atoms with E-state index in [4.69, 9.17) is 0 Å². The lowest BCUT2D eigenvalue weighted by atomic mass is 10.1. The summed E-state index contributed by atoms with van der Waals surface area (Å²) in [6.45, 7) is 0. The van der Waals surface area contributed by atoms with Crippen molar-refractivity contribution in [1.82, 2.24) is 14.5 Å². The largest absolute Gasteiger partial charge is 0.365 e. The van der Waals surface area contributed by atoms with E-state index >= 15 is 0 Å². The number of thiazole rings is 1. The van der Waals surface area contributed by atoms with Crippen LogP contribution in [0.1, 0.15) is 18.9 Å². The fourth-order valence-electron chi connectivity index (χ4n) is 2.36. The number of benzene rings is 1. The van der Waals surface area contributed by atoms with Gasteiger partial charge in [-0.3, -0.25) is 0 Å². The van der Waals surface area contributed by atoms with Gasteiger partial charge in [-0.25, -0.2) is 9.97 Å². The van der Waals surface area contributed by atoms with Crippen LogP contribution in [0.4, 0.5) is 5.13 Å². The number of fused-ring (bicyclic) bond motifs is 1. The van der Waals surface area contributed by atoms with E-state index in [0.717, 1.165) is 21.9 Å². The van der Waals surface area contributed by atoms with Gasteiger partial charge in [0.05, 0.1) is 23.1 Å². The van der Waals surface area contributed by atoms with Gasteiger partial charge in [-0.05, 0) is 25.0 Å². The van der Waals surface area contributed by atoms with Crippen LogP contribution in [0.2, 0.25) is 0 Å². The van der Waals surface area contributed by atoms with Crippen molar-refractivity contribution in [1.29, 1.82) is 0 Å². The van der Waals surface area contributed by atoms with E-state index in [1.54, 1.807) is 11.3 Å². The first-order valence-corrected chi connectivity index (χ1v) is 7.33. The number of nitrogens with zero attached hydrogens (tertiary/aromatic N) is 3. The molecule has 4 nitrogen and oxygen atoms in total. The first kappa shape index (κ1) is 11.0. The Labute approximate surface area is 115 Å². The highest BCUT2D eigenvalue weighted by Gasteiger charge is 2.24. The van der Waals surface area contributed by atoms with Gasteiger partial charge in [0.2, 0.25) is 0 Å². The molecule has 96 valence electrons. The van der Waals surface area contributed by atoms with Gasteiger partial charge in [0, 0.05) is 24.0 Å². The number of imidazole rings is 1. The highest BCUT2D eigenvalue weighted by atomic mass is 32.1. The average molecular weight is 270 g/mol. The highest BCUT2D eigenvalue weighted by molar-refractivity contribution is 7.14. The number of hydrogen-bond donors (Lipinski definition) is 1. The Balaban J connectivity index is 1.79. The van der Waals surface area contributed by atoms with Crippen molar-refractivity contribution < 1.29 is 0 Å². The van der Waals surface area contributed by atoms with E-state index in [1.165, 1.54) is 18.4 Å². The van der Waals surface area contributed by atoms with Crippen LogP contribution in [-0.4, -0.2) is 21.6 Å². The first-order valence-electron chi connectivity index (χ1n) is 6.45. The van der Waals surface area contributed by atoms with E-state index < -0.39 is 0 Å². The Morgan fingerprint density at radius 2 is 2.26 bits per heavy atom. The van der Waals surface area contributed by atoms with Crippen molar-refractivity contribution >= 4 is 27.5 Å². The van der Waals surface area contributed by atoms with Crippen molar-refractivity contribution in [2.24, 2.45) is 0 Å². The average Bonchev–Trinajstić information content (AvgIpc) is 3.04. The number of nitrogens with one attached hydrogen (secondary N) is 1. The topological polar surface area (TPSA) is 42.7 Å². The Hall–Kier alpha value is -1.88. The molecule has 1 aliphatic carbocycles. The summed E-state index contributed by atoms with van der Waals surface area (Å²) in [5, 5.41) is 6.09. The molecule has 0 amide bonds. The zero-order chi connectivity index (χ0) is 12.8. The second-order valence-corrected chi connectivity index (χ2v) is 5.73. The Bertz CT molecular complexity index is 739. The molecule has 1 fully saturated rings. The lowest BCUT2D eigenvalue weighted by Gasteiger charge is -2.01. The Morgan fingerprint density at radius 1 is 1.37 bits per heavy atom. The highest BCUT2D eigenvalue weighted by Crippen LogP contribution is 2.37. The standard InChI is InChI=1S/C14H14N4S/c1-15-14-17-12(7-19-14)9-2-5-13-11(6-9)16-8-18(13)10-3-4-10/h2,5-8,10H,3-4H2,1H3,(H,15,17). The summed E-state index contributed by atoms with van der Waals surface area (Å²) in [6.07, 6.45) is 4.53. The molecular formula is C14H14N4S. The second kappa shape index (κ2) is 4.06. The van der Waals surface area contributed by atoms with Gasteiger partial charge in [0.25, 0.3) is 0 Å². The van der Waals surface area contributed by atoms with Crippen LogP contribution in [0, 0.1) is 0 Å². The van der Waals surface area contributed by atoms with Crippen molar-refractivity contribution in [2.45, 2.75) is 18.9 Å². The number of anilines is 1. The molecule has 0 atom stereocenters. The van der Waals surface area contributed by atoms with Gasteiger partial charge in [-0.15, -0.1) is 11.3 Å². The molecule has 0 saturated heterocycles. The van der Waals surface area contributed by atoms with Crippen molar-refractivity contribution in [2.75, 3.05) is 12.4 Å². The van der Waals surface area contributed by atoms with Crippen LogP contribution in [0.5, 0.6) is 0 Å². The van der Waals surface area contributed by atoms with E-state index in [2.05, 4.69) is 43.4 Å². The van der Waals surface area contributed by atoms with Gasteiger partial charge < -0.3 is 9.88 Å².